The number of hydrogen-bond donors (Lipinski definition) is 1. The SMILES string of the molecule is CCC(C)c1ccc(Oc2ccc(N)cc2Cl)cc1. The van der Waals surface area contributed by atoms with Crippen LogP contribution in [0.25, 0.3) is 0 Å². The monoisotopic (exact) mass is 275 g/mol. The molecule has 1 atom stereocenters. The molecule has 3 heteroatoms. The summed E-state index contributed by atoms with van der Waals surface area (Å²) >= 11 is 6.08. The summed E-state index contributed by atoms with van der Waals surface area (Å²) in [4.78, 5) is 0. The van der Waals surface area contributed by atoms with E-state index in [2.05, 4.69) is 26.0 Å². The van der Waals surface area contributed by atoms with E-state index in [0.29, 0.717) is 22.4 Å². The summed E-state index contributed by atoms with van der Waals surface area (Å²) in [5, 5.41) is 0.519. The Morgan fingerprint density at radius 1 is 1.16 bits per heavy atom. The summed E-state index contributed by atoms with van der Waals surface area (Å²) < 4.78 is 5.75. The molecule has 19 heavy (non-hydrogen) atoms. The maximum atomic E-state index is 6.08. The van der Waals surface area contributed by atoms with Crippen molar-refractivity contribution in [2.24, 2.45) is 0 Å². The Hall–Kier alpha value is -1.67. The van der Waals surface area contributed by atoms with Crippen LogP contribution in [-0.2, 0) is 0 Å². The van der Waals surface area contributed by atoms with Gasteiger partial charge >= 0.3 is 0 Å². The molecule has 0 heterocycles. The van der Waals surface area contributed by atoms with Gasteiger partial charge in [-0.15, -0.1) is 0 Å². The van der Waals surface area contributed by atoms with Crippen molar-refractivity contribution in [3.05, 3.63) is 53.1 Å². The smallest absolute Gasteiger partial charge is 0.146 e. The van der Waals surface area contributed by atoms with E-state index in [9.17, 15) is 0 Å². The normalized spacial score (nSPS) is 12.2. The van der Waals surface area contributed by atoms with Crippen LogP contribution in [0.15, 0.2) is 42.5 Å². The largest absolute Gasteiger partial charge is 0.456 e. The van der Waals surface area contributed by atoms with E-state index in [1.165, 1.54) is 5.56 Å². The lowest BCUT2D eigenvalue weighted by atomic mass is 9.99. The fourth-order valence-electron chi connectivity index (χ4n) is 1.83. The maximum Gasteiger partial charge on any atom is 0.146 e. The molecule has 0 aliphatic rings. The molecule has 2 rings (SSSR count). The van der Waals surface area contributed by atoms with Crippen LogP contribution in [0.5, 0.6) is 11.5 Å². The van der Waals surface area contributed by atoms with Crippen LogP contribution in [-0.4, -0.2) is 0 Å². The molecule has 0 amide bonds. The van der Waals surface area contributed by atoms with Crippen LogP contribution in [0.2, 0.25) is 5.02 Å². The highest BCUT2D eigenvalue weighted by Gasteiger charge is 2.05. The van der Waals surface area contributed by atoms with Gasteiger partial charge in [-0.1, -0.05) is 37.6 Å². The van der Waals surface area contributed by atoms with Gasteiger partial charge in [0.15, 0.2) is 0 Å². The van der Waals surface area contributed by atoms with Crippen molar-refractivity contribution in [2.75, 3.05) is 5.73 Å². The van der Waals surface area contributed by atoms with Gasteiger partial charge in [-0.05, 0) is 48.2 Å². The molecule has 2 aromatic carbocycles. The Labute approximate surface area is 119 Å². The Bertz CT molecular complexity index is 551. The molecule has 0 aliphatic carbocycles. The first kappa shape index (κ1) is 13.8. The van der Waals surface area contributed by atoms with Crippen molar-refractivity contribution in [2.45, 2.75) is 26.2 Å². The Morgan fingerprint density at radius 2 is 1.84 bits per heavy atom. The average molecular weight is 276 g/mol. The van der Waals surface area contributed by atoms with Crippen LogP contribution in [0, 0.1) is 0 Å². The number of benzene rings is 2. The number of rotatable bonds is 4. The third-order valence-electron chi connectivity index (χ3n) is 3.25. The first-order chi connectivity index (χ1) is 9.10. The zero-order valence-electron chi connectivity index (χ0n) is 11.2. The molecule has 1 unspecified atom stereocenters. The lowest BCUT2D eigenvalue weighted by Crippen LogP contribution is -1.92. The highest BCUT2D eigenvalue weighted by Crippen LogP contribution is 2.31. The highest BCUT2D eigenvalue weighted by atomic mass is 35.5. The minimum atomic E-state index is 0.519. The molecule has 0 saturated carbocycles. The molecular formula is C16H18ClNO. The summed E-state index contributed by atoms with van der Waals surface area (Å²) in [5.74, 6) is 1.96. The number of nitrogen functional groups attached to an aromatic ring is 1. The van der Waals surface area contributed by atoms with Gasteiger partial charge < -0.3 is 10.5 Å². The third-order valence-corrected chi connectivity index (χ3v) is 3.54. The van der Waals surface area contributed by atoms with Crippen LogP contribution >= 0.6 is 11.6 Å². The van der Waals surface area contributed by atoms with E-state index >= 15 is 0 Å². The lowest BCUT2D eigenvalue weighted by Gasteiger charge is -2.11. The lowest BCUT2D eigenvalue weighted by molar-refractivity contribution is 0.482. The van der Waals surface area contributed by atoms with E-state index in [1.54, 1.807) is 18.2 Å². The van der Waals surface area contributed by atoms with Gasteiger partial charge in [0.05, 0.1) is 5.02 Å². The number of halogens is 1. The van der Waals surface area contributed by atoms with Gasteiger partial charge in [-0.2, -0.15) is 0 Å². The molecule has 2 aromatic rings. The Kier molecular flexibility index (Phi) is 4.33. The van der Waals surface area contributed by atoms with Gasteiger partial charge in [-0.25, -0.2) is 0 Å². The highest BCUT2D eigenvalue weighted by molar-refractivity contribution is 6.32. The van der Waals surface area contributed by atoms with Crippen LogP contribution in [0.1, 0.15) is 31.7 Å². The van der Waals surface area contributed by atoms with Crippen molar-refractivity contribution in [3.63, 3.8) is 0 Å². The molecule has 0 bridgehead atoms. The first-order valence-electron chi connectivity index (χ1n) is 6.43. The summed E-state index contributed by atoms with van der Waals surface area (Å²) in [6.45, 7) is 4.40. The number of nitrogens with two attached hydrogens (primary N) is 1. The van der Waals surface area contributed by atoms with Crippen molar-refractivity contribution < 1.29 is 4.74 Å². The minimum Gasteiger partial charge on any atom is -0.456 e. The van der Waals surface area contributed by atoms with E-state index in [4.69, 9.17) is 22.1 Å². The zero-order chi connectivity index (χ0) is 13.8. The molecule has 2 nitrogen and oxygen atoms in total. The Balaban J connectivity index is 2.15. The third kappa shape index (κ3) is 3.42. The van der Waals surface area contributed by atoms with Crippen LogP contribution in [0.3, 0.4) is 0 Å². The molecule has 0 aliphatic heterocycles. The van der Waals surface area contributed by atoms with Gasteiger partial charge in [0.25, 0.3) is 0 Å². The number of anilines is 1. The van der Waals surface area contributed by atoms with E-state index < -0.39 is 0 Å². The summed E-state index contributed by atoms with van der Waals surface area (Å²) in [6, 6.07) is 13.4. The minimum absolute atomic E-state index is 0.519. The molecule has 0 aromatic heterocycles. The van der Waals surface area contributed by atoms with E-state index in [1.807, 2.05) is 12.1 Å². The van der Waals surface area contributed by atoms with Crippen LogP contribution < -0.4 is 10.5 Å². The van der Waals surface area contributed by atoms with Gasteiger partial charge in [-0.3, -0.25) is 0 Å². The summed E-state index contributed by atoms with van der Waals surface area (Å²) in [5.41, 5.74) is 7.60. The molecule has 2 N–H and O–H groups in total. The van der Waals surface area contributed by atoms with Gasteiger partial charge in [0.1, 0.15) is 11.5 Å². The first-order valence-corrected chi connectivity index (χ1v) is 6.80. The topological polar surface area (TPSA) is 35.2 Å². The van der Waals surface area contributed by atoms with E-state index in [-0.39, 0.29) is 0 Å². The molecule has 0 saturated heterocycles. The fraction of sp³-hybridized carbons (Fsp3) is 0.250. The summed E-state index contributed by atoms with van der Waals surface area (Å²) in [7, 11) is 0. The number of hydrogen-bond acceptors (Lipinski definition) is 2. The second-order valence-corrected chi connectivity index (χ2v) is 5.08. The summed E-state index contributed by atoms with van der Waals surface area (Å²) in [6.07, 6.45) is 1.13. The molecule has 0 radical (unpaired) electrons. The molecule has 100 valence electrons. The second-order valence-electron chi connectivity index (χ2n) is 4.67. The van der Waals surface area contributed by atoms with Crippen molar-refractivity contribution in [3.8, 4) is 11.5 Å². The predicted octanol–water partition coefficient (Wildman–Crippen LogP) is 5.23. The quantitative estimate of drug-likeness (QED) is 0.776. The van der Waals surface area contributed by atoms with Gasteiger partial charge in [0, 0.05) is 5.69 Å². The Morgan fingerprint density at radius 3 is 2.42 bits per heavy atom. The standard InChI is InChI=1S/C16H18ClNO/c1-3-11(2)12-4-7-14(8-5-12)19-16-9-6-13(18)10-15(16)17/h4-11H,3,18H2,1-2H3. The second kappa shape index (κ2) is 5.98. The van der Waals surface area contributed by atoms with Crippen LogP contribution in [0.4, 0.5) is 5.69 Å². The fourth-order valence-corrected chi connectivity index (χ4v) is 2.05. The van der Waals surface area contributed by atoms with Crippen molar-refractivity contribution in [1.29, 1.82) is 0 Å². The van der Waals surface area contributed by atoms with E-state index in [0.717, 1.165) is 12.2 Å². The predicted molar refractivity (Wildman–Crippen MR) is 81.1 cm³/mol. The number of ether oxygens (including phenoxy) is 1. The maximum absolute atomic E-state index is 6.08. The average Bonchev–Trinajstić information content (AvgIpc) is 2.42. The molecule has 0 spiro atoms. The van der Waals surface area contributed by atoms with Crippen molar-refractivity contribution in [1.82, 2.24) is 0 Å². The molecular weight excluding hydrogens is 258 g/mol. The van der Waals surface area contributed by atoms with Gasteiger partial charge in [0.2, 0.25) is 0 Å². The molecule has 0 fully saturated rings. The van der Waals surface area contributed by atoms with Crippen molar-refractivity contribution >= 4 is 17.3 Å². The zero-order valence-corrected chi connectivity index (χ0v) is 11.9.